The summed E-state index contributed by atoms with van der Waals surface area (Å²) in [5.74, 6) is 1.25. The molecular formula is C26H33N5O3. The van der Waals surface area contributed by atoms with Crippen LogP contribution in [0.5, 0.6) is 0 Å². The average Bonchev–Trinajstić information content (AvgIpc) is 3.35. The Labute approximate surface area is 200 Å². The van der Waals surface area contributed by atoms with Crippen molar-refractivity contribution in [2.75, 3.05) is 5.32 Å². The van der Waals surface area contributed by atoms with Gasteiger partial charge in [-0.05, 0) is 45.4 Å². The fraction of sp³-hybridized carbons (Fsp3) is 0.500. The van der Waals surface area contributed by atoms with Gasteiger partial charge in [-0.1, -0.05) is 45.4 Å². The predicted molar refractivity (Wildman–Crippen MR) is 130 cm³/mol. The van der Waals surface area contributed by atoms with E-state index in [1.165, 1.54) is 38.5 Å². The van der Waals surface area contributed by atoms with Gasteiger partial charge in [0.05, 0.1) is 16.8 Å². The highest BCUT2D eigenvalue weighted by molar-refractivity contribution is 5.95. The van der Waals surface area contributed by atoms with Gasteiger partial charge in [-0.3, -0.25) is 0 Å². The number of aryl methyl sites for hydroxylation is 2. The fourth-order valence-corrected chi connectivity index (χ4v) is 4.20. The quantitative estimate of drug-likeness (QED) is 0.262. The first-order chi connectivity index (χ1) is 16.4. The summed E-state index contributed by atoms with van der Waals surface area (Å²) in [6.07, 6.45) is 11.2. The van der Waals surface area contributed by atoms with Gasteiger partial charge < -0.3 is 14.5 Å². The van der Waals surface area contributed by atoms with E-state index >= 15 is 0 Å². The third-order valence-corrected chi connectivity index (χ3v) is 6.16. The van der Waals surface area contributed by atoms with Gasteiger partial charge in [-0.25, -0.2) is 14.8 Å². The molecule has 1 aliphatic rings. The lowest BCUT2D eigenvalue weighted by molar-refractivity contribution is 0.00954. The SMILES string of the molecule is CCCCCCCCCc1nnc(-c2cnc(Nc3ccc4c(c3)C(C)(C)OC4=O)nc2C)o1. The van der Waals surface area contributed by atoms with Crippen LogP contribution in [0.3, 0.4) is 0 Å². The minimum absolute atomic E-state index is 0.297. The van der Waals surface area contributed by atoms with Crippen LogP contribution in [0.25, 0.3) is 11.5 Å². The molecule has 0 atom stereocenters. The topological polar surface area (TPSA) is 103 Å². The first kappa shape index (κ1) is 23.9. The number of anilines is 2. The summed E-state index contributed by atoms with van der Waals surface area (Å²) in [5.41, 5.74) is 3.02. The Hall–Kier alpha value is -3.29. The number of hydrogen-bond donors (Lipinski definition) is 1. The van der Waals surface area contributed by atoms with Gasteiger partial charge in [0, 0.05) is 23.9 Å². The zero-order valence-corrected chi connectivity index (χ0v) is 20.5. The van der Waals surface area contributed by atoms with E-state index in [0.29, 0.717) is 23.3 Å². The molecule has 1 aromatic carbocycles. The molecule has 0 bridgehead atoms. The third-order valence-electron chi connectivity index (χ3n) is 6.16. The lowest BCUT2D eigenvalue weighted by Crippen LogP contribution is -2.16. The van der Waals surface area contributed by atoms with Crippen molar-refractivity contribution < 1.29 is 13.9 Å². The Morgan fingerprint density at radius 3 is 2.53 bits per heavy atom. The van der Waals surface area contributed by atoms with Gasteiger partial charge in [0.1, 0.15) is 5.60 Å². The molecule has 1 N–H and O–H groups in total. The number of rotatable bonds is 11. The Bertz CT molecular complexity index is 1160. The molecule has 8 heteroatoms. The van der Waals surface area contributed by atoms with Gasteiger partial charge in [0.25, 0.3) is 5.89 Å². The first-order valence-corrected chi connectivity index (χ1v) is 12.2. The summed E-state index contributed by atoms with van der Waals surface area (Å²) < 4.78 is 11.3. The molecule has 8 nitrogen and oxygen atoms in total. The van der Waals surface area contributed by atoms with Crippen LogP contribution in [0.4, 0.5) is 11.6 Å². The van der Waals surface area contributed by atoms with Crippen molar-refractivity contribution in [3.63, 3.8) is 0 Å². The van der Waals surface area contributed by atoms with Gasteiger partial charge in [-0.2, -0.15) is 0 Å². The summed E-state index contributed by atoms with van der Waals surface area (Å²) in [6.45, 7) is 7.88. The number of fused-ring (bicyclic) bond motifs is 1. The standard InChI is InChI=1S/C26H33N5O3/c1-5-6-7-8-9-10-11-12-22-30-31-23(33-22)20-16-27-25(28-17(20)2)29-18-13-14-19-21(15-18)26(3,4)34-24(19)32/h13-16H,5-12H2,1-4H3,(H,27,28,29). The first-order valence-electron chi connectivity index (χ1n) is 12.2. The normalized spacial score (nSPS) is 14.2. The molecule has 34 heavy (non-hydrogen) atoms. The number of hydrogen-bond acceptors (Lipinski definition) is 8. The summed E-state index contributed by atoms with van der Waals surface area (Å²) in [5, 5.41) is 11.6. The van der Waals surface area contributed by atoms with Crippen molar-refractivity contribution in [3.8, 4) is 11.5 Å². The number of benzene rings is 1. The van der Waals surface area contributed by atoms with E-state index < -0.39 is 5.60 Å². The molecule has 0 saturated carbocycles. The lowest BCUT2D eigenvalue weighted by Gasteiger charge is -2.18. The van der Waals surface area contributed by atoms with E-state index in [1.54, 1.807) is 12.3 Å². The average molecular weight is 464 g/mol. The summed E-state index contributed by atoms with van der Waals surface area (Å²) in [4.78, 5) is 21.0. The van der Waals surface area contributed by atoms with Crippen molar-refractivity contribution in [1.82, 2.24) is 20.2 Å². The number of unbranched alkanes of at least 4 members (excludes halogenated alkanes) is 6. The predicted octanol–water partition coefficient (Wildman–Crippen LogP) is 6.28. The highest BCUT2D eigenvalue weighted by Gasteiger charge is 2.37. The maximum Gasteiger partial charge on any atom is 0.339 e. The maximum absolute atomic E-state index is 12.0. The Morgan fingerprint density at radius 1 is 1.00 bits per heavy atom. The summed E-state index contributed by atoms with van der Waals surface area (Å²) in [6, 6.07) is 5.49. The molecule has 0 spiro atoms. The number of esters is 1. The number of cyclic esters (lactones) is 1. The van der Waals surface area contributed by atoms with Crippen molar-refractivity contribution in [1.29, 1.82) is 0 Å². The smallest absolute Gasteiger partial charge is 0.339 e. The molecule has 3 heterocycles. The van der Waals surface area contributed by atoms with Crippen molar-refractivity contribution in [2.24, 2.45) is 0 Å². The minimum atomic E-state index is -0.657. The molecule has 1 aliphatic heterocycles. The Kier molecular flexibility index (Phi) is 7.24. The Balaban J connectivity index is 1.37. The maximum atomic E-state index is 12.0. The second kappa shape index (κ2) is 10.3. The van der Waals surface area contributed by atoms with Crippen LogP contribution < -0.4 is 5.32 Å². The van der Waals surface area contributed by atoms with Gasteiger partial charge in [0.15, 0.2) is 0 Å². The lowest BCUT2D eigenvalue weighted by atomic mass is 9.95. The van der Waals surface area contributed by atoms with Crippen LogP contribution in [-0.2, 0) is 16.8 Å². The number of aromatic nitrogens is 4. The zero-order valence-electron chi connectivity index (χ0n) is 20.5. The number of nitrogens with zero attached hydrogens (tertiary/aromatic N) is 4. The van der Waals surface area contributed by atoms with Gasteiger partial charge in [-0.15, -0.1) is 10.2 Å². The molecule has 0 fully saturated rings. The summed E-state index contributed by atoms with van der Waals surface area (Å²) in [7, 11) is 0. The molecule has 2 aromatic heterocycles. The highest BCUT2D eigenvalue weighted by Crippen LogP contribution is 2.37. The van der Waals surface area contributed by atoms with E-state index in [-0.39, 0.29) is 5.97 Å². The van der Waals surface area contributed by atoms with Crippen LogP contribution in [0.1, 0.15) is 93.2 Å². The number of nitrogens with one attached hydrogen (secondary N) is 1. The molecule has 180 valence electrons. The molecule has 0 amide bonds. The van der Waals surface area contributed by atoms with Crippen molar-refractivity contribution in [3.05, 3.63) is 47.1 Å². The zero-order chi connectivity index (χ0) is 24.1. The largest absolute Gasteiger partial charge is 0.451 e. The van der Waals surface area contributed by atoms with Crippen molar-refractivity contribution in [2.45, 2.75) is 84.7 Å². The molecule has 4 rings (SSSR count). The molecule has 0 saturated heterocycles. The van der Waals surface area contributed by atoms with E-state index in [9.17, 15) is 4.79 Å². The minimum Gasteiger partial charge on any atom is -0.451 e. The van der Waals surface area contributed by atoms with Crippen LogP contribution in [0.2, 0.25) is 0 Å². The third kappa shape index (κ3) is 5.43. The van der Waals surface area contributed by atoms with Gasteiger partial charge in [0.2, 0.25) is 11.8 Å². The van der Waals surface area contributed by atoms with Crippen molar-refractivity contribution >= 4 is 17.6 Å². The number of carbonyl (C=O) groups is 1. The monoisotopic (exact) mass is 463 g/mol. The molecule has 0 unspecified atom stereocenters. The molecule has 0 aliphatic carbocycles. The number of carbonyl (C=O) groups excluding carboxylic acids is 1. The van der Waals surface area contributed by atoms with Gasteiger partial charge >= 0.3 is 5.97 Å². The number of ether oxygens (including phenoxy) is 1. The van der Waals surface area contributed by atoms with E-state index in [1.807, 2.05) is 32.9 Å². The van der Waals surface area contributed by atoms with Crippen LogP contribution in [-0.4, -0.2) is 26.1 Å². The Morgan fingerprint density at radius 2 is 1.76 bits per heavy atom. The van der Waals surface area contributed by atoms with E-state index in [2.05, 4.69) is 32.4 Å². The van der Waals surface area contributed by atoms with Crippen LogP contribution in [0.15, 0.2) is 28.8 Å². The van der Waals surface area contributed by atoms with E-state index in [0.717, 1.165) is 35.3 Å². The molecule has 3 aromatic rings. The fourth-order valence-electron chi connectivity index (χ4n) is 4.20. The summed E-state index contributed by atoms with van der Waals surface area (Å²) >= 11 is 0. The second-order valence-corrected chi connectivity index (χ2v) is 9.35. The van der Waals surface area contributed by atoms with E-state index in [4.69, 9.17) is 9.15 Å². The highest BCUT2D eigenvalue weighted by atomic mass is 16.6. The molecular weight excluding hydrogens is 430 g/mol. The molecule has 0 radical (unpaired) electrons. The van der Waals surface area contributed by atoms with Crippen LogP contribution in [0, 0.1) is 6.92 Å². The second-order valence-electron chi connectivity index (χ2n) is 9.35. The van der Waals surface area contributed by atoms with Crippen LogP contribution >= 0.6 is 0 Å².